The van der Waals surface area contributed by atoms with Gasteiger partial charge in [0.05, 0.1) is 0 Å². The number of pyridine rings is 1. The van der Waals surface area contributed by atoms with Gasteiger partial charge in [0.2, 0.25) is 10.0 Å². The number of nitrogens with one attached hydrogen (secondary N) is 2. The average molecular weight is 288 g/mol. The Morgan fingerprint density at radius 2 is 2.11 bits per heavy atom. The largest absolute Gasteiger partial charge is 0.385 e. The third-order valence-electron chi connectivity index (χ3n) is 2.51. The van der Waals surface area contributed by atoms with E-state index in [1.807, 2.05) is 0 Å². The van der Waals surface area contributed by atoms with Gasteiger partial charge >= 0.3 is 0 Å². The van der Waals surface area contributed by atoms with Crippen LogP contribution in [-0.4, -0.2) is 33.7 Å². The van der Waals surface area contributed by atoms with E-state index < -0.39 is 10.0 Å². The van der Waals surface area contributed by atoms with Crippen LogP contribution in [0.25, 0.3) is 0 Å². The molecule has 1 aromatic rings. The van der Waals surface area contributed by atoms with Gasteiger partial charge in [0, 0.05) is 26.5 Å². The Morgan fingerprint density at radius 1 is 1.32 bits per heavy atom. The number of aromatic nitrogens is 1. The molecule has 4 N–H and O–H groups in total. The lowest BCUT2D eigenvalue weighted by Gasteiger charge is -2.07. The Kier molecular flexibility index (Phi) is 6.71. The van der Waals surface area contributed by atoms with Crippen molar-refractivity contribution in [2.75, 3.05) is 25.7 Å². The maximum atomic E-state index is 11.9. The highest BCUT2D eigenvalue weighted by molar-refractivity contribution is 7.89. The van der Waals surface area contributed by atoms with Gasteiger partial charge in [0.15, 0.2) is 0 Å². The molecule has 8 heteroatoms. The second-order valence-corrected chi connectivity index (χ2v) is 5.74. The highest BCUT2D eigenvalue weighted by Gasteiger charge is 2.13. The van der Waals surface area contributed by atoms with Crippen LogP contribution in [0, 0.1) is 0 Å². The fourth-order valence-electron chi connectivity index (χ4n) is 1.46. The number of hydrazine groups is 1. The van der Waals surface area contributed by atoms with Crippen LogP contribution in [0.5, 0.6) is 0 Å². The van der Waals surface area contributed by atoms with E-state index in [4.69, 9.17) is 10.6 Å². The van der Waals surface area contributed by atoms with E-state index in [0.717, 1.165) is 19.3 Å². The third kappa shape index (κ3) is 5.52. The predicted octanol–water partition coefficient (Wildman–Crippen LogP) is 0.462. The number of rotatable bonds is 9. The van der Waals surface area contributed by atoms with Gasteiger partial charge in [0.25, 0.3) is 0 Å². The second-order valence-electron chi connectivity index (χ2n) is 3.97. The van der Waals surface area contributed by atoms with Crippen molar-refractivity contribution >= 4 is 15.8 Å². The molecule has 0 saturated heterocycles. The topological polar surface area (TPSA) is 106 Å². The van der Waals surface area contributed by atoms with Crippen LogP contribution in [0.15, 0.2) is 23.2 Å². The normalized spacial score (nSPS) is 11.5. The first-order chi connectivity index (χ1) is 9.10. The number of anilines is 1. The predicted molar refractivity (Wildman–Crippen MR) is 73.0 cm³/mol. The lowest BCUT2D eigenvalue weighted by atomic mass is 10.2. The Bertz CT molecular complexity index is 461. The Labute approximate surface area is 113 Å². The van der Waals surface area contributed by atoms with E-state index in [9.17, 15) is 8.42 Å². The molecule has 0 radical (unpaired) electrons. The van der Waals surface area contributed by atoms with Crippen LogP contribution in [0.2, 0.25) is 0 Å². The first kappa shape index (κ1) is 15.8. The van der Waals surface area contributed by atoms with Crippen LogP contribution >= 0.6 is 0 Å². The first-order valence-corrected chi connectivity index (χ1v) is 7.50. The Balaban J connectivity index is 2.42. The third-order valence-corrected chi connectivity index (χ3v) is 3.96. The minimum Gasteiger partial charge on any atom is -0.385 e. The van der Waals surface area contributed by atoms with Crippen molar-refractivity contribution in [1.82, 2.24) is 9.71 Å². The molecular weight excluding hydrogens is 268 g/mol. The second kappa shape index (κ2) is 8.05. The number of nitrogens with two attached hydrogens (primary N) is 1. The highest BCUT2D eigenvalue weighted by atomic mass is 32.2. The fraction of sp³-hybridized carbons (Fsp3) is 0.545. The van der Waals surface area contributed by atoms with Gasteiger partial charge in [-0.2, -0.15) is 0 Å². The summed E-state index contributed by atoms with van der Waals surface area (Å²) in [4.78, 5) is 3.99. The molecule has 0 amide bonds. The summed E-state index contributed by atoms with van der Waals surface area (Å²) in [6.07, 6.45) is 3.89. The zero-order valence-corrected chi connectivity index (χ0v) is 11.7. The summed E-state index contributed by atoms with van der Waals surface area (Å²) in [7, 11) is -1.84. The van der Waals surface area contributed by atoms with E-state index in [1.165, 1.54) is 18.3 Å². The standard InChI is InChI=1S/C11H20N4O3S/c1-18-8-4-2-3-7-14-19(16,17)10-5-6-11(15-12)13-9-10/h5-6,9,14H,2-4,7-8,12H2,1H3,(H,13,15). The van der Waals surface area contributed by atoms with E-state index >= 15 is 0 Å². The average Bonchev–Trinajstić information content (AvgIpc) is 2.43. The highest BCUT2D eigenvalue weighted by Crippen LogP contribution is 2.09. The Morgan fingerprint density at radius 3 is 2.68 bits per heavy atom. The summed E-state index contributed by atoms with van der Waals surface area (Å²) in [6.45, 7) is 1.10. The molecule has 0 aliphatic heterocycles. The lowest BCUT2D eigenvalue weighted by molar-refractivity contribution is 0.192. The van der Waals surface area contributed by atoms with Crippen molar-refractivity contribution < 1.29 is 13.2 Å². The molecule has 1 aromatic heterocycles. The number of unbranched alkanes of at least 4 members (excludes halogenated alkanes) is 2. The molecule has 0 aromatic carbocycles. The van der Waals surface area contributed by atoms with Gasteiger partial charge in [0.1, 0.15) is 10.7 Å². The maximum Gasteiger partial charge on any atom is 0.242 e. The molecule has 0 aliphatic carbocycles. The number of nitrogens with zero attached hydrogens (tertiary/aromatic N) is 1. The molecule has 1 rings (SSSR count). The Hall–Kier alpha value is -1.22. The molecule has 0 unspecified atom stereocenters. The van der Waals surface area contributed by atoms with Crippen LogP contribution in [0.4, 0.5) is 5.82 Å². The molecule has 1 heterocycles. The van der Waals surface area contributed by atoms with E-state index in [0.29, 0.717) is 19.0 Å². The smallest absolute Gasteiger partial charge is 0.242 e. The molecule has 0 atom stereocenters. The summed E-state index contributed by atoms with van der Waals surface area (Å²) in [5, 5.41) is 0. The van der Waals surface area contributed by atoms with Gasteiger partial charge in [-0.05, 0) is 31.4 Å². The SMILES string of the molecule is COCCCCCNS(=O)(=O)c1ccc(NN)nc1. The van der Waals surface area contributed by atoms with Crippen molar-refractivity contribution in [2.45, 2.75) is 24.2 Å². The van der Waals surface area contributed by atoms with Gasteiger partial charge in [-0.3, -0.25) is 0 Å². The van der Waals surface area contributed by atoms with E-state index in [2.05, 4.69) is 15.1 Å². The molecule has 7 nitrogen and oxygen atoms in total. The van der Waals surface area contributed by atoms with Gasteiger partial charge < -0.3 is 10.2 Å². The zero-order chi connectivity index (χ0) is 14.1. The number of hydrogen-bond acceptors (Lipinski definition) is 6. The minimum atomic E-state index is -3.49. The molecule has 108 valence electrons. The molecule has 0 spiro atoms. The number of nitrogen functional groups attached to an aromatic ring is 1. The summed E-state index contributed by atoms with van der Waals surface area (Å²) in [5.41, 5.74) is 2.34. The molecule has 0 bridgehead atoms. The quantitative estimate of drug-likeness (QED) is 0.346. The van der Waals surface area contributed by atoms with Gasteiger partial charge in [-0.1, -0.05) is 0 Å². The number of ether oxygens (including phenoxy) is 1. The van der Waals surface area contributed by atoms with Crippen molar-refractivity contribution in [3.63, 3.8) is 0 Å². The summed E-state index contributed by atoms with van der Waals surface area (Å²) < 4.78 is 31.2. The summed E-state index contributed by atoms with van der Waals surface area (Å²) >= 11 is 0. The van der Waals surface area contributed by atoms with Crippen molar-refractivity contribution in [3.8, 4) is 0 Å². The number of hydrogen-bond donors (Lipinski definition) is 3. The minimum absolute atomic E-state index is 0.128. The van der Waals surface area contributed by atoms with E-state index in [-0.39, 0.29) is 4.90 Å². The molecular formula is C11H20N4O3S. The van der Waals surface area contributed by atoms with Crippen molar-refractivity contribution in [2.24, 2.45) is 5.84 Å². The van der Waals surface area contributed by atoms with Gasteiger partial charge in [-0.25, -0.2) is 24.0 Å². The van der Waals surface area contributed by atoms with Crippen LogP contribution in [0.1, 0.15) is 19.3 Å². The lowest BCUT2D eigenvalue weighted by Crippen LogP contribution is -2.25. The first-order valence-electron chi connectivity index (χ1n) is 6.01. The van der Waals surface area contributed by atoms with Crippen LogP contribution in [0.3, 0.4) is 0 Å². The van der Waals surface area contributed by atoms with Crippen LogP contribution < -0.4 is 16.0 Å². The summed E-state index contributed by atoms with van der Waals surface area (Å²) in [5.74, 6) is 5.57. The molecule has 0 fully saturated rings. The van der Waals surface area contributed by atoms with Gasteiger partial charge in [-0.15, -0.1) is 0 Å². The van der Waals surface area contributed by atoms with E-state index in [1.54, 1.807) is 7.11 Å². The van der Waals surface area contributed by atoms with Crippen molar-refractivity contribution in [3.05, 3.63) is 18.3 Å². The monoisotopic (exact) mass is 288 g/mol. The maximum absolute atomic E-state index is 11.9. The van der Waals surface area contributed by atoms with Crippen LogP contribution in [-0.2, 0) is 14.8 Å². The van der Waals surface area contributed by atoms with Crippen molar-refractivity contribution in [1.29, 1.82) is 0 Å². The number of methoxy groups -OCH3 is 1. The summed E-state index contributed by atoms with van der Waals surface area (Å²) in [6, 6.07) is 2.96. The molecule has 0 saturated carbocycles. The zero-order valence-electron chi connectivity index (χ0n) is 10.9. The molecule has 0 aliphatic rings. The fourth-order valence-corrected chi connectivity index (χ4v) is 2.48. The molecule has 19 heavy (non-hydrogen) atoms. The number of sulfonamides is 1.